The molecule has 3 atom stereocenters. The van der Waals surface area contributed by atoms with Gasteiger partial charge in [-0.25, -0.2) is 4.68 Å². The quantitative estimate of drug-likeness (QED) is 0.936. The van der Waals surface area contributed by atoms with E-state index >= 15 is 0 Å². The number of ether oxygens (including phenoxy) is 1. The van der Waals surface area contributed by atoms with Gasteiger partial charge in [0.2, 0.25) is 0 Å². The molecule has 1 aliphatic heterocycles. The topological polar surface area (TPSA) is 50.5 Å². The van der Waals surface area contributed by atoms with Gasteiger partial charge in [-0.05, 0) is 25.0 Å². The lowest BCUT2D eigenvalue weighted by Crippen LogP contribution is -2.50. The van der Waals surface area contributed by atoms with Crippen LogP contribution in [0.2, 0.25) is 0 Å². The predicted molar refractivity (Wildman–Crippen MR) is 91.9 cm³/mol. The van der Waals surface area contributed by atoms with Gasteiger partial charge in [0, 0.05) is 36.8 Å². The van der Waals surface area contributed by atoms with Gasteiger partial charge < -0.3 is 9.84 Å². The average Bonchev–Trinajstić information content (AvgIpc) is 3.25. The van der Waals surface area contributed by atoms with Crippen LogP contribution in [0.25, 0.3) is 5.69 Å². The number of hydrogen-bond donors (Lipinski definition) is 1. The van der Waals surface area contributed by atoms with E-state index < -0.39 is 0 Å². The van der Waals surface area contributed by atoms with Crippen molar-refractivity contribution >= 4 is 0 Å². The second-order valence-corrected chi connectivity index (χ2v) is 6.90. The number of rotatable bonds is 4. The summed E-state index contributed by atoms with van der Waals surface area (Å²) in [6.45, 7) is 3.29. The smallest absolute Gasteiger partial charge is 0.0645 e. The van der Waals surface area contributed by atoms with Crippen LogP contribution >= 0.6 is 0 Å². The van der Waals surface area contributed by atoms with E-state index in [0.29, 0.717) is 12.0 Å². The zero-order valence-corrected chi connectivity index (χ0v) is 13.9. The summed E-state index contributed by atoms with van der Waals surface area (Å²) in [4.78, 5) is 2.47. The summed E-state index contributed by atoms with van der Waals surface area (Å²) >= 11 is 0. The molecule has 1 aliphatic carbocycles. The standard InChI is InChI=1S/C19H25N3O2/c23-19-8-4-7-17(19)18-14-24-10-9-21(18)12-15-11-20-22(13-15)16-5-2-1-3-6-16/h1-3,5-6,11,13,17-19,23H,4,7-10,12,14H2/t17-,18+,19-/m1/s1. The molecule has 128 valence electrons. The molecule has 24 heavy (non-hydrogen) atoms. The molecular weight excluding hydrogens is 302 g/mol. The van der Waals surface area contributed by atoms with E-state index in [1.165, 1.54) is 5.56 Å². The third-order valence-electron chi connectivity index (χ3n) is 5.35. The SMILES string of the molecule is O[C@@H]1CCC[C@@H]1[C@@H]1COCCN1Cc1cnn(-c2ccccc2)c1. The fraction of sp³-hybridized carbons (Fsp3) is 0.526. The maximum absolute atomic E-state index is 10.3. The van der Waals surface area contributed by atoms with Gasteiger partial charge in [0.1, 0.15) is 0 Å². The van der Waals surface area contributed by atoms with Crippen molar-refractivity contribution in [1.82, 2.24) is 14.7 Å². The Bertz CT molecular complexity index is 658. The number of aliphatic hydroxyl groups is 1. The number of benzene rings is 1. The van der Waals surface area contributed by atoms with Crippen LogP contribution in [0.15, 0.2) is 42.7 Å². The van der Waals surface area contributed by atoms with Crippen molar-refractivity contribution in [3.8, 4) is 5.69 Å². The maximum atomic E-state index is 10.3. The highest BCUT2D eigenvalue weighted by Gasteiger charge is 2.37. The van der Waals surface area contributed by atoms with Gasteiger partial charge in [-0.3, -0.25) is 4.90 Å². The maximum Gasteiger partial charge on any atom is 0.0645 e. The Hall–Kier alpha value is -1.69. The normalized spacial score (nSPS) is 28.3. The summed E-state index contributed by atoms with van der Waals surface area (Å²) in [5.41, 5.74) is 2.28. The first-order valence-electron chi connectivity index (χ1n) is 8.90. The van der Waals surface area contributed by atoms with Crippen LogP contribution in [0.5, 0.6) is 0 Å². The lowest BCUT2D eigenvalue weighted by atomic mass is 9.94. The number of morpholine rings is 1. The third kappa shape index (κ3) is 3.24. The second kappa shape index (κ2) is 7.05. The Balaban J connectivity index is 1.48. The number of aliphatic hydroxyl groups excluding tert-OH is 1. The van der Waals surface area contributed by atoms with Gasteiger partial charge in [-0.2, -0.15) is 5.10 Å². The van der Waals surface area contributed by atoms with Crippen LogP contribution in [-0.2, 0) is 11.3 Å². The first-order valence-corrected chi connectivity index (χ1v) is 8.90. The molecule has 2 aromatic rings. The van der Waals surface area contributed by atoms with E-state index in [4.69, 9.17) is 4.74 Å². The fourth-order valence-electron chi connectivity index (χ4n) is 4.06. The molecule has 1 aromatic heterocycles. The average molecular weight is 327 g/mol. The molecule has 0 amide bonds. The van der Waals surface area contributed by atoms with Crippen molar-refractivity contribution in [2.75, 3.05) is 19.8 Å². The van der Waals surface area contributed by atoms with Gasteiger partial charge >= 0.3 is 0 Å². The number of para-hydroxylation sites is 1. The van der Waals surface area contributed by atoms with E-state index in [-0.39, 0.29) is 6.10 Å². The van der Waals surface area contributed by atoms with Gasteiger partial charge in [0.25, 0.3) is 0 Å². The van der Waals surface area contributed by atoms with Crippen LogP contribution in [0.3, 0.4) is 0 Å². The minimum absolute atomic E-state index is 0.175. The van der Waals surface area contributed by atoms with Gasteiger partial charge in [-0.1, -0.05) is 24.6 Å². The fourth-order valence-corrected chi connectivity index (χ4v) is 4.06. The van der Waals surface area contributed by atoms with E-state index in [0.717, 1.165) is 51.3 Å². The minimum Gasteiger partial charge on any atom is -0.393 e. The Labute approximate surface area is 142 Å². The van der Waals surface area contributed by atoms with Gasteiger partial charge in [0.05, 0.1) is 31.2 Å². The van der Waals surface area contributed by atoms with Crippen LogP contribution < -0.4 is 0 Å². The third-order valence-corrected chi connectivity index (χ3v) is 5.35. The molecule has 5 nitrogen and oxygen atoms in total. The largest absolute Gasteiger partial charge is 0.393 e. The number of nitrogens with zero attached hydrogens (tertiary/aromatic N) is 3. The number of aromatic nitrogens is 2. The molecule has 1 N–H and O–H groups in total. The summed E-state index contributed by atoms with van der Waals surface area (Å²) in [5, 5.41) is 14.8. The molecule has 1 saturated carbocycles. The molecule has 1 saturated heterocycles. The van der Waals surface area contributed by atoms with Crippen LogP contribution in [0.1, 0.15) is 24.8 Å². The zero-order chi connectivity index (χ0) is 16.4. The lowest BCUT2D eigenvalue weighted by Gasteiger charge is -2.39. The van der Waals surface area contributed by atoms with Gasteiger partial charge in [0.15, 0.2) is 0 Å². The summed E-state index contributed by atoms with van der Waals surface area (Å²) in [7, 11) is 0. The van der Waals surface area contributed by atoms with Crippen molar-refractivity contribution < 1.29 is 9.84 Å². The zero-order valence-electron chi connectivity index (χ0n) is 13.9. The van der Waals surface area contributed by atoms with Crippen molar-refractivity contribution in [3.05, 3.63) is 48.3 Å². The molecular formula is C19H25N3O2. The van der Waals surface area contributed by atoms with Crippen molar-refractivity contribution in [2.24, 2.45) is 5.92 Å². The monoisotopic (exact) mass is 327 g/mol. The summed E-state index contributed by atoms with van der Waals surface area (Å²) in [5.74, 6) is 0.342. The summed E-state index contributed by atoms with van der Waals surface area (Å²) in [6.07, 6.45) is 7.04. The lowest BCUT2D eigenvalue weighted by molar-refractivity contribution is -0.0536. The molecule has 0 bridgehead atoms. The van der Waals surface area contributed by atoms with Crippen LogP contribution in [0, 0.1) is 5.92 Å². The van der Waals surface area contributed by atoms with Crippen LogP contribution in [-0.4, -0.2) is 51.7 Å². The van der Waals surface area contributed by atoms with E-state index in [1.807, 2.05) is 29.1 Å². The highest BCUT2D eigenvalue weighted by Crippen LogP contribution is 2.32. The van der Waals surface area contributed by atoms with E-state index in [9.17, 15) is 5.11 Å². The molecule has 0 unspecified atom stereocenters. The molecule has 0 radical (unpaired) electrons. The molecule has 4 rings (SSSR count). The van der Waals surface area contributed by atoms with Crippen molar-refractivity contribution in [3.63, 3.8) is 0 Å². The highest BCUT2D eigenvalue weighted by molar-refractivity contribution is 5.30. The second-order valence-electron chi connectivity index (χ2n) is 6.90. The highest BCUT2D eigenvalue weighted by atomic mass is 16.5. The number of hydrogen-bond acceptors (Lipinski definition) is 4. The Morgan fingerprint density at radius 2 is 2.08 bits per heavy atom. The van der Waals surface area contributed by atoms with Gasteiger partial charge in [-0.15, -0.1) is 0 Å². The molecule has 1 aromatic carbocycles. The molecule has 0 spiro atoms. The Kier molecular flexibility index (Phi) is 4.65. The minimum atomic E-state index is -0.175. The summed E-state index contributed by atoms with van der Waals surface area (Å²) < 4.78 is 7.64. The first kappa shape index (κ1) is 15.8. The van der Waals surface area contributed by atoms with Crippen LogP contribution in [0.4, 0.5) is 0 Å². The molecule has 2 fully saturated rings. The Morgan fingerprint density at radius 1 is 1.21 bits per heavy atom. The van der Waals surface area contributed by atoms with E-state index in [2.05, 4.69) is 28.3 Å². The Morgan fingerprint density at radius 3 is 2.88 bits per heavy atom. The predicted octanol–water partition coefficient (Wildman–Crippen LogP) is 2.23. The molecule has 2 heterocycles. The summed E-state index contributed by atoms with van der Waals surface area (Å²) in [6, 6.07) is 10.5. The molecule has 5 heteroatoms. The van der Waals surface area contributed by atoms with Crippen molar-refractivity contribution in [2.45, 2.75) is 38.0 Å². The van der Waals surface area contributed by atoms with Crippen molar-refractivity contribution in [1.29, 1.82) is 0 Å². The molecule has 2 aliphatic rings. The first-order chi connectivity index (χ1) is 11.8. The van der Waals surface area contributed by atoms with E-state index in [1.54, 1.807) is 0 Å².